The van der Waals surface area contributed by atoms with Crippen LogP contribution in [0.15, 0.2) is 211 Å². The Hall–Kier alpha value is -5.85. The molecule has 0 saturated heterocycles. The molecule has 0 amide bonds. The minimum atomic E-state index is 0. The van der Waals surface area contributed by atoms with Gasteiger partial charge in [0.1, 0.15) is 23.0 Å². The van der Waals surface area contributed by atoms with Crippen molar-refractivity contribution in [3.05, 3.63) is 224 Å². The summed E-state index contributed by atoms with van der Waals surface area (Å²) in [4.78, 5) is 8.09. The fraction of sp³-hybridized carbons (Fsp3) is 0.310. The van der Waals surface area contributed by atoms with Crippen LogP contribution in [-0.4, -0.2) is 14.1 Å². The van der Waals surface area contributed by atoms with E-state index in [9.17, 15) is 0 Å². The van der Waals surface area contributed by atoms with Gasteiger partial charge in [-0.15, -0.1) is 17.9 Å². The first kappa shape index (κ1) is 77.3. The zero-order chi connectivity index (χ0) is 68.9. The molecule has 2 aliphatic rings. The van der Waals surface area contributed by atoms with Crippen LogP contribution in [0.4, 0.5) is 0 Å². The molecule has 2 atom stereocenters. The zero-order valence-corrected chi connectivity index (χ0v) is 66.9. The third kappa shape index (κ3) is 16.0. The molecule has 10 aromatic carbocycles. The van der Waals surface area contributed by atoms with Crippen LogP contribution in [0, 0.1) is 0 Å². The molecule has 0 fully saturated rings. The van der Waals surface area contributed by atoms with Gasteiger partial charge in [0.25, 0.3) is 0 Å². The molecule has 0 bridgehead atoms. The Balaban J connectivity index is 0.000000216. The van der Waals surface area contributed by atoms with Crippen molar-refractivity contribution in [2.45, 2.75) is 199 Å². The number of fused-ring (bicyclic) bond motifs is 13. The van der Waals surface area contributed by atoms with Crippen LogP contribution >= 0.6 is 81.2 Å². The summed E-state index contributed by atoms with van der Waals surface area (Å²) in [7, 11) is 6.06. The number of aromatic amines is 1. The van der Waals surface area contributed by atoms with E-state index in [1.54, 1.807) is 23.5 Å². The average Bonchev–Trinajstić information content (AvgIpc) is 1.60. The number of hydrogen-bond acceptors (Lipinski definition) is 4. The zero-order valence-electron chi connectivity index (χ0n) is 58.8. The highest BCUT2D eigenvalue weighted by molar-refractivity contribution is 9.10. The van der Waals surface area contributed by atoms with Crippen molar-refractivity contribution in [1.82, 2.24) is 14.1 Å². The van der Waals surface area contributed by atoms with Crippen molar-refractivity contribution in [3.63, 3.8) is 0 Å². The third-order valence-electron chi connectivity index (χ3n) is 18.4. The first-order valence-electron chi connectivity index (χ1n) is 33.1. The monoisotopic (exact) mass is 1540 g/mol. The molecule has 2 unspecified atom stereocenters. The van der Waals surface area contributed by atoms with Crippen LogP contribution in [0.5, 0.6) is 23.0 Å². The number of rotatable bonds is 2. The van der Waals surface area contributed by atoms with Crippen molar-refractivity contribution in [1.29, 1.82) is 0 Å². The van der Waals surface area contributed by atoms with E-state index in [1.807, 2.05) is 24.3 Å². The summed E-state index contributed by atoms with van der Waals surface area (Å²) in [5.74, 6) is 3.59. The predicted molar refractivity (Wildman–Crippen MR) is 454 cm³/mol. The topological polar surface area (TPSA) is 44.1 Å². The van der Waals surface area contributed by atoms with E-state index < -0.39 is 0 Å². The molecule has 3 aromatic heterocycles. The van der Waals surface area contributed by atoms with Gasteiger partial charge in [-0.05, 0) is 199 Å². The van der Waals surface area contributed by atoms with E-state index in [0.717, 1.165) is 70.9 Å². The second-order valence-corrected chi connectivity index (χ2v) is 40.1. The van der Waals surface area contributed by atoms with E-state index >= 15 is 0 Å². The fourth-order valence-electron chi connectivity index (χ4n) is 12.7. The van der Waals surface area contributed by atoms with Gasteiger partial charge in [0.15, 0.2) is 0 Å². The van der Waals surface area contributed by atoms with Crippen LogP contribution in [-0.2, 0) is 32.5 Å². The maximum atomic E-state index is 6.91. The number of nitrogens with one attached hydrogen (secondary N) is 1. The minimum absolute atomic E-state index is 0. The van der Waals surface area contributed by atoms with Crippen molar-refractivity contribution in [3.8, 4) is 34.4 Å². The Morgan fingerprint density at radius 3 is 0.808 bits per heavy atom. The molecule has 2 aliphatic heterocycles. The number of benzene rings is 10. The first-order chi connectivity index (χ1) is 45.0. The Kier molecular flexibility index (Phi) is 22.7. The van der Waals surface area contributed by atoms with Crippen LogP contribution < -0.4 is 9.47 Å². The summed E-state index contributed by atoms with van der Waals surface area (Å²) < 4.78 is 19.7. The Labute approximate surface area is 622 Å². The van der Waals surface area contributed by atoms with E-state index in [1.165, 1.54) is 98.8 Å². The highest BCUT2D eigenvalue weighted by Crippen LogP contribution is 2.51. The summed E-state index contributed by atoms with van der Waals surface area (Å²) in [5.41, 5.74) is 18.2. The number of aromatic nitrogens is 3. The summed E-state index contributed by atoms with van der Waals surface area (Å²) >= 11 is 10.4. The second kappa shape index (κ2) is 29.1. The predicted octanol–water partition coefficient (Wildman–Crippen LogP) is 29.9. The maximum Gasteiger partial charge on any atom is 0.143 e. The molecule has 15 rings (SSSR count). The van der Waals surface area contributed by atoms with Crippen LogP contribution in [0.2, 0.25) is 0 Å². The number of nitrogens with zero attached hydrogens (tertiary/aromatic N) is 2. The van der Waals surface area contributed by atoms with Gasteiger partial charge in [-0.3, -0.25) is 0 Å². The Morgan fingerprint density at radius 1 is 0.313 bits per heavy atom. The minimum Gasteiger partial charge on any atom is -0.455 e. The lowest BCUT2D eigenvalue weighted by atomic mass is 9.85. The van der Waals surface area contributed by atoms with Gasteiger partial charge in [-0.1, -0.05) is 247 Å². The van der Waals surface area contributed by atoms with Crippen molar-refractivity contribution in [2.24, 2.45) is 0 Å². The molecular formula is C87H102Br2N3O2P3S2. The van der Waals surface area contributed by atoms with E-state index in [2.05, 4.69) is 346 Å². The molecular weight excluding hydrogens is 1440 g/mol. The molecule has 0 radical (unpaired) electrons. The molecule has 13 aromatic rings. The van der Waals surface area contributed by atoms with Gasteiger partial charge in [0, 0.05) is 75.8 Å². The SMILES string of the molecule is Brc1ccc2c(c1)Oc1cc(Br)ccc1S2.C.C.C.CC(C)(C)c1ccc2[nH]c3ccc(C(C)(C)C)cc3c2c1.CC(C)(C)c1ccc2c(c1)c1cc(C(C)(C)C)ccc1n2-c1ccc2c(c1)Oc1cc(-n3c4ccc(C(C)(C)C)cc4c4cc(C(C)(C)C)ccc43)ccc1S2.PPP. The standard InChI is InChI=1S/C52H54N2OS.C20H25N.C12H6Br2OS.3CH4.H5P3/c1-49(2,3)31-13-19-41-37(25-31)38-26-32(50(4,5)6)14-20-42(38)53(41)35-17-23-47-45(29-35)55-46-30-36(18-24-48(46)56-47)54-43-21-15-33(51(7,8)9)27-39(43)40-28-34(52(10,11)12)16-22-44(40)54;1-19(2,3)13-7-9-17-15(11-13)16-12-14(20(4,5)6)8-10-18(16)21-17;13-7-1-3-11-9(5-7)15-10-6-8(14)2-4-12(10)16-11;;;;1-3-2/h13-30H,1-12H3;7-12,21H,1-6H3;1-6H;3*1H4;3H,1-2H2. The molecule has 0 saturated carbocycles. The molecule has 5 heterocycles. The maximum absolute atomic E-state index is 6.91. The smallest absolute Gasteiger partial charge is 0.143 e. The number of H-pyrrole nitrogens is 1. The third-order valence-corrected chi connectivity index (χ3v) is 21.6. The van der Waals surface area contributed by atoms with Gasteiger partial charge in [-0.25, -0.2) is 0 Å². The van der Waals surface area contributed by atoms with Crippen molar-refractivity contribution >= 4 is 147 Å². The van der Waals surface area contributed by atoms with E-state index in [-0.39, 0.29) is 54.8 Å². The molecule has 1 N–H and O–H groups in total. The molecule has 518 valence electrons. The van der Waals surface area contributed by atoms with Crippen molar-refractivity contribution in [2.75, 3.05) is 0 Å². The second-order valence-electron chi connectivity index (χ2n) is 31.8. The largest absolute Gasteiger partial charge is 0.455 e. The Bertz CT molecular complexity index is 4720. The summed E-state index contributed by atoms with van der Waals surface area (Å²) in [6.45, 7) is 41.1. The lowest BCUT2D eigenvalue weighted by molar-refractivity contribution is 0.453. The lowest BCUT2D eigenvalue weighted by Crippen LogP contribution is -2.10. The van der Waals surface area contributed by atoms with E-state index in [4.69, 9.17) is 9.47 Å². The lowest BCUT2D eigenvalue weighted by Gasteiger charge is -2.22. The summed E-state index contributed by atoms with van der Waals surface area (Å²) in [6.07, 6.45) is 0. The number of halogens is 2. The fourth-order valence-corrected chi connectivity index (χ4v) is 15.2. The van der Waals surface area contributed by atoms with Gasteiger partial charge in [0.05, 0.1) is 41.6 Å². The normalized spacial score (nSPS) is 12.8. The molecule has 12 heteroatoms. The van der Waals surface area contributed by atoms with Crippen molar-refractivity contribution < 1.29 is 9.47 Å². The molecule has 99 heavy (non-hydrogen) atoms. The van der Waals surface area contributed by atoms with E-state index in [0.29, 0.717) is 0 Å². The van der Waals surface area contributed by atoms with Crippen LogP contribution in [0.3, 0.4) is 0 Å². The molecule has 0 aliphatic carbocycles. The summed E-state index contributed by atoms with van der Waals surface area (Å²) in [5, 5.41) is 7.83. The Morgan fingerprint density at radius 2 is 0.545 bits per heavy atom. The number of hydrogen-bond donors (Lipinski definition) is 1. The first-order valence-corrected chi connectivity index (χ1v) is 40.9. The van der Waals surface area contributed by atoms with Crippen LogP contribution in [0.1, 0.15) is 180 Å². The van der Waals surface area contributed by atoms with Gasteiger partial charge in [0.2, 0.25) is 0 Å². The highest BCUT2D eigenvalue weighted by atomic mass is 79.9. The average molecular weight is 1540 g/mol. The highest BCUT2D eigenvalue weighted by Gasteiger charge is 2.27. The van der Waals surface area contributed by atoms with Gasteiger partial charge in [-0.2, -0.15) is 0 Å². The van der Waals surface area contributed by atoms with Gasteiger partial charge >= 0.3 is 0 Å². The van der Waals surface area contributed by atoms with Crippen LogP contribution in [0.25, 0.3) is 76.8 Å². The summed E-state index contributed by atoms with van der Waals surface area (Å²) in [6, 6.07) is 67.2. The number of ether oxygens (including phenoxy) is 2. The molecule has 5 nitrogen and oxygen atoms in total. The molecule has 0 spiro atoms. The van der Waals surface area contributed by atoms with Gasteiger partial charge < -0.3 is 23.6 Å². The quantitative estimate of drug-likeness (QED) is 0.175.